The molecule has 0 atom stereocenters. The third-order valence-electron chi connectivity index (χ3n) is 4.00. The quantitative estimate of drug-likeness (QED) is 0.907. The molecular formula is C18H21N3O. The summed E-state index contributed by atoms with van der Waals surface area (Å²) < 4.78 is 1.99. The Morgan fingerprint density at radius 3 is 3.09 bits per heavy atom. The summed E-state index contributed by atoms with van der Waals surface area (Å²) in [6.45, 7) is 2.21. The zero-order valence-electron chi connectivity index (χ0n) is 12.9. The summed E-state index contributed by atoms with van der Waals surface area (Å²) >= 11 is 0. The number of nitrogens with one attached hydrogen (secondary N) is 1. The van der Waals surface area contributed by atoms with E-state index in [-0.39, 0.29) is 5.91 Å². The van der Waals surface area contributed by atoms with E-state index in [1.807, 2.05) is 23.2 Å². The fourth-order valence-corrected chi connectivity index (χ4v) is 2.76. The first kappa shape index (κ1) is 14.6. The highest BCUT2D eigenvalue weighted by atomic mass is 16.1. The third-order valence-corrected chi connectivity index (χ3v) is 4.00. The minimum Gasteiger partial charge on any atom is -0.326 e. The normalized spacial score (nSPS) is 14.6. The number of hydrogen-bond acceptors (Lipinski definition) is 2. The van der Waals surface area contributed by atoms with Crippen LogP contribution in [0.15, 0.2) is 36.9 Å². The van der Waals surface area contributed by atoms with Crippen molar-refractivity contribution in [2.24, 2.45) is 0 Å². The number of amides is 1. The maximum atomic E-state index is 11.5. The molecule has 4 nitrogen and oxygen atoms in total. The van der Waals surface area contributed by atoms with Crippen molar-refractivity contribution in [1.82, 2.24) is 9.55 Å². The molecule has 2 heterocycles. The molecule has 1 amide bonds. The second kappa shape index (κ2) is 6.60. The van der Waals surface area contributed by atoms with Gasteiger partial charge < -0.3 is 9.88 Å². The standard InChI is InChI=1S/C18H21N3O/c1-2-3-4-16(12-21-10-9-19-13-21)14-5-7-17-15(11-14)6-8-18(22)20-17/h5,7,9-13H,2-4,6,8H2,1H3,(H,20,22)/b16-12-. The number of anilines is 1. The first-order valence-corrected chi connectivity index (χ1v) is 7.87. The Morgan fingerprint density at radius 1 is 1.41 bits per heavy atom. The number of fused-ring (bicyclic) bond motifs is 1. The van der Waals surface area contributed by atoms with Gasteiger partial charge in [0.15, 0.2) is 0 Å². The summed E-state index contributed by atoms with van der Waals surface area (Å²) in [7, 11) is 0. The van der Waals surface area contributed by atoms with Gasteiger partial charge in [-0.05, 0) is 48.1 Å². The summed E-state index contributed by atoms with van der Waals surface area (Å²) in [5.41, 5.74) is 4.72. The van der Waals surface area contributed by atoms with Gasteiger partial charge in [0, 0.05) is 30.7 Å². The maximum absolute atomic E-state index is 11.5. The van der Waals surface area contributed by atoms with Gasteiger partial charge in [0.1, 0.15) is 0 Å². The second-order valence-corrected chi connectivity index (χ2v) is 5.69. The Labute approximate surface area is 130 Å². The lowest BCUT2D eigenvalue weighted by atomic mass is 9.95. The van der Waals surface area contributed by atoms with Crippen LogP contribution in [0, 0.1) is 0 Å². The number of aromatic nitrogens is 2. The number of benzene rings is 1. The van der Waals surface area contributed by atoms with Crippen molar-refractivity contribution in [2.75, 3.05) is 5.32 Å². The summed E-state index contributed by atoms with van der Waals surface area (Å²) in [6, 6.07) is 6.34. The fourth-order valence-electron chi connectivity index (χ4n) is 2.76. The molecule has 0 fully saturated rings. The number of nitrogens with zero attached hydrogens (tertiary/aromatic N) is 2. The Hall–Kier alpha value is -2.36. The number of carbonyl (C=O) groups excluding carboxylic acids is 1. The van der Waals surface area contributed by atoms with E-state index in [2.05, 4.69) is 35.6 Å². The number of rotatable bonds is 5. The van der Waals surface area contributed by atoms with Crippen LogP contribution in [0.3, 0.4) is 0 Å². The first-order valence-electron chi connectivity index (χ1n) is 7.87. The molecule has 1 aliphatic heterocycles. The fraction of sp³-hybridized carbons (Fsp3) is 0.333. The average Bonchev–Trinajstić information content (AvgIpc) is 3.04. The van der Waals surface area contributed by atoms with Crippen molar-refractivity contribution in [1.29, 1.82) is 0 Å². The predicted molar refractivity (Wildman–Crippen MR) is 89.3 cm³/mol. The summed E-state index contributed by atoms with van der Waals surface area (Å²) in [5.74, 6) is 0.111. The molecule has 1 aromatic carbocycles. The van der Waals surface area contributed by atoms with Crippen molar-refractivity contribution in [3.05, 3.63) is 48.0 Å². The molecule has 0 spiro atoms. The summed E-state index contributed by atoms with van der Waals surface area (Å²) in [4.78, 5) is 15.6. The molecule has 0 radical (unpaired) electrons. The smallest absolute Gasteiger partial charge is 0.224 e. The molecule has 0 saturated heterocycles. The van der Waals surface area contributed by atoms with E-state index in [1.165, 1.54) is 23.1 Å². The minimum atomic E-state index is 0.111. The predicted octanol–water partition coefficient (Wildman–Crippen LogP) is 3.96. The van der Waals surface area contributed by atoms with Crippen LogP contribution >= 0.6 is 0 Å². The molecule has 114 valence electrons. The minimum absolute atomic E-state index is 0.111. The number of unbranched alkanes of at least 4 members (excludes halogenated alkanes) is 1. The van der Waals surface area contributed by atoms with E-state index in [9.17, 15) is 4.79 Å². The highest BCUT2D eigenvalue weighted by Crippen LogP contribution is 2.29. The number of hydrogen-bond donors (Lipinski definition) is 1. The van der Waals surface area contributed by atoms with Gasteiger partial charge in [0.25, 0.3) is 0 Å². The molecule has 0 unspecified atom stereocenters. The lowest BCUT2D eigenvalue weighted by Crippen LogP contribution is -2.18. The Kier molecular flexibility index (Phi) is 4.37. The topological polar surface area (TPSA) is 46.9 Å². The van der Waals surface area contributed by atoms with E-state index in [0.717, 1.165) is 24.9 Å². The molecule has 0 saturated carbocycles. The molecule has 1 aliphatic rings. The van der Waals surface area contributed by atoms with Crippen LogP contribution in [0.25, 0.3) is 11.8 Å². The first-order chi connectivity index (χ1) is 10.8. The van der Waals surface area contributed by atoms with E-state index >= 15 is 0 Å². The largest absolute Gasteiger partial charge is 0.326 e. The number of carbonyl (C=O) groups is 1. The molecule has 1 aromatic heterocycles. The van der Waals surface area contributed by atoms with Crippen LogP contribution in [0.2, 0.25) is 0 Å². The number of imidazole rings is 1. The van der Waals surface area contributed by atoms with Crippen LogP contribution in [-0.2, 0) is 11.2 Å². The SMILES string of the molecule is CCCC/C(=C/n1ccnc1)c1ccc2c(c1)CCC(=O)N2. The van der Waals surface area contributed by atoms with Crippen molar-refractivity contribution < 1.29 is 4.79 Å². The van der Waals surface area contributed by atoms with Gasteiger partial charge in [0.2, 0.25) is 5.91 Å². The number of aryl methyl sites for hydroxylation is 1. The number of allylic oxidation sites excluding steroid dienone is 1. The van der Waals surface area contributed by atoms with Crippen LogP contribution in [0.1, 0.15) is 43.7 Å². The molecule has 0 aliphatic carbocycles. The Morgan fingerprint density at radius 2 is 2.32 bits per heavy atom. The van der Waals surface area contributed by atoms with Gasteiger partial charge in [0.05, 0.1) is 6.33 Å². The van der Waals surface area contributed by atoms with E-state index in [0.29, 0.717) is 6.42 Å². The van der Waals surface area contributed by atoms with Crippen LogP contribution in [-0.4, -0.2) is 15.5 Å². The Balaban J connectivity index is 1.92. The van der Waals surface area contributed by atoms with Crippen molar-refractivity contribution >= 4 is 23.4 Å². The lowest BCUT2D eigenvalue weighted by molar-refractivity contribution is -0.116. The molecule has 22 heavy (non-hydrogen) atoms. The monoisotopic (exact) mass is 295 g/mol. The van der Waals surface area contributed by atoms with Gasteiger partial charge in [-0.3, -0.25) is 4.79 Å². The molecule has 2 aromatic rings. The van der Waals surface area contributed by atoms with Gasteiger partial charge in [-0.25, -0.2) is 4.98 Å². The third kappa shape index (κ3) is 3.27. The van der Waals surface area contributed by atoms with Crippen molar-refractivity contribution in [3.63, 3.8) is 0 Å². The molecule has 0 bridgehead atoms. The summed E-state index contributed by atoms with van der Waals surface area (Å²) in [5, 5.41) is 2.94. The Bertz CT molecular complexity index is 686. The molecule has 4 heteroatoms. The zero-order valence-corrected chi connectivity index (χ0v) is 12.9. The van der Waals surface area contributed by atoms with Gasteiger partial charge in [-0.1, -0.05) is 19.4 Å². The van der Waals surface area contributed by atoms with Gasteiger partial charge in [-0.2, -0.15) is 0 Å². The van der Waals surface area contributed by atoms with Crippen LogP contribution in [0.5, 0.6) is 0 Å². The van der Waals surface area contributed by atoms with Crippen LogP contribution < -0.4 is 5.32 Å². The lowest BCUT2D eigenvalue weighted by Gasteiger charge is -2.18. The zero-order chi connectivity index (χ0) is 15.4. The second-order valence-electron chi connectivity index (χ2n) is 5.69. The summed E-state index contributed by atoms with van der Waals surface area (Å²) in [6.07, 6.45) is 12.5. The van der Waals surface area contributed by atoms with Crippen molar-refractivity contribution in [2.45, 2.75) is 39.0 Å². The molecule has 1 N–H and O–H groups in total. The highest BCUT2D eigenvalue weighted by Gasteiger charge is 2.15. The van der Waals surface area contributed by atoms with Gasteiger partial charge >= 0.3 is 0 Å². The van der Waals surface area contributed by atoms with E-state index in [4.69, 9.17) is 0 Å². The van der Waals surface area contributed by atoms with E-state index in [1.54, 1.807) is 6.20 Å². The van der Waals surface area contributed by atoms with Crippen LogP contribution in [0.4, 0.5) is 5.69 Å². The van der Waals surface area contributed by atoms with E-state index < -0.39 is 0 Å². The average molecular weight is 295 g/mol. The highest BCUT2D eigenvalue weighted by molar-refractivity contribution is 5.94. The molecular weight excluding hydrogens is 274 g/mol. The maximum Gasteiger partial charge on any atom is 0.224 e. The molecule has 3 rings (SSSR count). The van der Waals surface area contributed by atoms with Crippen molar-refractivity contribution in [3.8, 4) is 0 Å². The van der Waals surface area contributed by atoms with Gasteiger partial charge in [-0.15, -0.1) is 0 Å².